The molecule has 0 aliphatic rings. The number of benzene rings is 2. The van der Waals surface area contributed by atoms with E-state index in [9.17, 15) is 5.21 Å². The lowest BCUT2D eigenvalue weighted by molar-refractivity contribution is -0.371. The van der Waals surface area contributed by atoms with Gasteiger partial charge in [-0.2, -0.15) is 4.74 Å². The molecule has 0 bridgehead atoms. The van der Waals surface area contributed by atoms with Crippen LogP contribution in [0.25, 0.3) is 0 Å². The van der Waals surface area contributed by atoms with Crippen molar-refractivity contribution in [3.63, 3.8) is 0 Å². The van der Waals surface area contributed by atoms with Crippen LogP contribution in [0.1, 0.15) is 5.56 Å². The highest BCUT2D eigenvalue weighted by Gasteiger charge is 2.03. The number of aryl methyl sites for hydroxylation is 1. The van der Waals surface area contributed by atoms with Crippen LogP contribution in [-0.4, -0.2) is 22.9 Å². The Balaban J connectivity index is 2.18. The molecule has 6 nitrogen and oxygen atoms in total. The van der Waals surface area contributed by atoms with Gasteiger partial charge in [-0.05, 0) is 49.0 Å². The smallest absolute Gasteiger partial charge is 0.205 e. The third-order valence-electron chi connectivity index (χ3n) is 3.26. The molecule has 0 saturated carbocycles. The molecule has 0 atom stereocenters. The van der Waals surface area contributed by atoms with Crippen LogP contribution >= 0.6 is 0 Å². The molecule has 2 aromatic rings. The van der Waals surface area contributed by atoms with Gasteiger partial charge in [-0.25, -0.2) is 4.99 Å². The van der Waals surface area contributed by atoms with Gasteiger partial charge in [-0.15, -0.1) is 0 Å². The Morgan fingerprint density at radius 3 is 2.50 bits per heavy atom. The first-order valence-electron chi connectivity index (χ1n) is 7.98. The van der Waals surface area contributed by atoms with Gasteiger partial charge in [0.05, 0.1) is 23.3 Å². The van der Waals surface area contributed by atoms with Crippen molar-refractivity contribution in [1.29, 1.82) is 0 Å². The number of rotatable bonds is 6. The molecule has 0 saturated heterocycles. The number of hydrogen-bond acceptors (Lipinski definition) is 5. The van der Waals surface area contributed by atoms with Gasteiger partial charge in [0.2, 0.25) is 6.20 Å². The van der Waals surface area contributed by atoms with Crippen molar-refractivity contribution in [2.45, 2.75) is 6.92 Å². The standard InChI is InChI=1S/C20H21N5O/c1-16-6-5-9-18(14-16)23-12-13-25(26)15-19(22)20(10-11-21)24-17-7-3-2-4-8-17/h2-15H,21-22H2,1H3. The quantitative estimate of drug-likeness (QED) is 0.362. The Morgan fingerprint density at radius 1 is 1.08 bits per heavy atom. The zero-order valence-corrected chi connectivity index (χ0v) is 14.5. The Hall–Kier alpha value is -3.67. The lowest BCUT2D eigenvalue weighted by Gasteiger charge is -2.02. The second-order valence-corrected chi connectivity index (χ2v) is 5.40. The summed E-state index contributed by atoms with van der Waals surface area (Å²) in [4.78, 5) is 8.59. The Kier molecular flexibility index (Phi) is 6.88. The molecule has 4 N–H and O–H groups in total. The summed E-state index contributed by atoms with van der Waals surface area (Å²) in [6.07, 6.45) is 6.75. The highest BCUT2D eigenvalue weighted by molar-refractivity contribution is 6.14. The molecule has 6 heteroatoms. The van der Waals surface area contributed by atoms with E-state index in [1.807, 2.05) is 61.5 Å². The van der Waals surface area contributed by atoms with Crippen molar-refractivity contribution in [3.05, 3.63) is 89.5 Å². The van der Waals surface area contributed by atoms with Crippen molar-refractivity contribution >= 4 is 29.5 Å². The second kappa shape index (κ2) is 9.58. The molecule has 26 heavy (non-hydrogen) atoms. The molecule has 0 aliphatic carbocycles. The summed E-state index contributed by atoms with van der Waals surface area (Å²) in [6, 6.07) is 16.9. The van der Waals surface area contributed by atoms with Crippen LogP contribution in [0, 0.1) is 12.1 Å². The van der Waals surface area contributed by atoms with Crippen LogP contribution in [-0.2, 0) is 0 Å². The Labute approximate surface area is 152 Å². The topological polar surface area (TPSA) is 103 Å². The highest BCUT2D eigenvalue weighted by atomic mass is 16.5. The average Bonchev–Trinajstić information content (AvgIpc) is 2.62. The van der Waals surface area contributed by atoms with Gasteiger partial charge in [-0.3, -0.25) is 4.99 Å². The van der Waals surface area contributed by atoms with Crippen LogP contribution in [0.2, 0.25) is 0 Å². The predicted molar refractivity (Wildman–Crippen MR) is 108 cm³/mol. The number of hydroxylamine groups is 1. The van der Waals surface area contributed by atoms with Crippen LogP contribution in [0.4, 0.5) is 11.4 Å². The van der Waals surface area contributed by atoms with E-state index in [2.05, 4.69) is 9.98 Å². The summed E-state index contributed by atoms with van der Waals surface area (Å²) in [5, 5.41) is 12.0. The van der Waals surface area contributed by atoms with Crippen molar-refractivity contribution in [3.8, 4) is 0 Å². The van der Waals surface area contributed by atoms with Gasteiger partial charge in [0.25, 0.3) is 0 Å². The Bertz CT molecular complexity index is 880. The van der Waals surface area contributed by atoms with E-state index in [4.69, 9.17) is 11.5 Å². The third kappa shape index (κ3) is 6.09. The monoisotopic (exact) mass is 347 g/mol. The number of nitrogens with zero attached hydrogens (tertiary/aromatic N) is 3. The van der Waals surface area contributed by atoms with E-state index in [0.29, 0.717) is 16.1 Å². The predicted octanol–water partition coefficient (Wildman–Crippen LogP) is 3.32. The summed E-state index contributed by atoms with van der Waals surface area (Å²) < 4.78 is 0.569. The molecule has 0 spiro atoms. The molecule has 0 aliphatic heterocycles. The second-order valence-electron chi connectivity index (χ2n) is 5.40. The van der Waals surface area contributed by atoms with Gasteiger partial charge in [0, 0.05) is 0 Å². The normalized spacial score (nSPS) is 13.7. The molecular formula is C20H21N5O. The zero-order chi connectivity index (χ0) is 18.8. The molecule has 0 fully saturated rings. The first-order valence-corrected chi connectivity index (χ1v) is 7.98. The van der Waals surface area contributed by atoms with Crippen molar-refractivity contribution < 1.29 is 4.74 Å². The fourth-order valence-electron chi connectivity index (χ4n) is 2.07. The minimum atomic E-state index is 0.186. The lowest BCUT2D eigenvalue weighted by Crippen LogP contribution is -2.13. The maximum absolute atomic E-state index is 12.0. The number of allylic oxidation sites excluding steroid dienone is 1. The number of aliphatic imine (C=N–C) groups is 2. The lowest BCUT2D eigenvalue weighted by atomic mass is 10.2. The zero-order valence-electron chi connectivity index (χ0n) is 14.5. The van der Waals surface area contributed by atoms with Gasteiger partial charge in [-0.1, -0.05) is 30.3 Å². The minimum Gasteiger partial charge on any atom is -0.619 e. The summed E-state index contributed by atoms with van der Waals surface area (Å²) in [5.41, 5.74) is 14.6. The van der Waals surface area contributed by atoms with Gasteiger partial charge < -0.3 is 16.7 Å². The van der Waals surface area contributed by atoms with Crippen LogP contribution < -0.4 is 11.5 Å². The van der Waals surface area contributed by atoms with E-state index >= 15 is 0 Å². The third-order valence-corrected chi connectivity index (χ3v) is 3.26. The number of hydrogen-bond donors (Lipinski definition) is 2. The van der Waals surface area contributed by atoms with E-state index in [1.165, 1.54) is 30.9 Å². The van der Waals surface area contributed by atoms with E-state index < -0.39 is 0 Å². The molecule has 0 radical (unpaired) electrons. The van der Waals surface area contributed by atoms with E-state index in [0.717, 1.165) is 11.3 Å². The first-order chi connectivity index (χ1) is 12.6. The molecule has 2 aromatic carbocycles. The van der Waals surface area contributed by atoms with Crippen molar-refractivity contribution in [1.82, 2.24) is 0 Å². The fraction of sp³-hybridized carbons (Fsp3) is 0.0500. The van der Waals surface area contributed by atoms with Crippen LogP contribution in [0.15, 0.2) is 88.8 Å². The molecule has 0 unspecified atom stereocenters. The average molecular weight is 347 g/mol. The Morgan fingerprint density at radius 2 is 1.81 bits per heavy atom. The molecule has 2 rings (SSSR count). The first kappa shape index (κ1) is 18.7. The maximum atomic E-state index is 12.0. The fourth-order valence-corrected chi connectivity index (χ4v) is 2.07. The van der Waals surface area contributed by atoms with Crippen molar-refractivity contribution in [2.24, 2.45) is 21.5 Å². The molecule has 0 amide bonds. The summed E-state index contributed by atoms with van der Waals surface area (Å²) in [5.74, 6) is 0. The number of nitrogens with two attached hydrogens (primary N) is 2. The summed E-state index contributed by atoms with van der Waals surface area (Å²) >= 11 is 0. The largest absolute Gasteiger partial charge is 0.619 e. The minimum absolute atomic E-state index is 0.186. The molecule has 0 heterocycles. The van der Waals surface area contributed by atoms with E-state index in [1.54, 1.807) is 0 Å². The van der Waals surface area contributed by atoms with Crippen LogP contribution in [0.5, 0.6) is 0 Å². The number of para-hydroxylation sites is 1. The molecular weight excluding hydrogens is 326 g/mol. The summed E-state index contributed by atoms with van der Waals surface area (Å²) in [6.45, 7) is 1.98. The highest BCUT2D eigenvalue weighted by Crippen LogP contribution is 2.13. The van der Waals surface area contributed by atoms with Crippen molar-refractivity contribution in [2.75, 3.05) is 0 Å². The van der Waals surface area contributed by atoms with Gasteiger partial charge in [0.1, 0.15) is 5.70 Å². The van der Waals surface area contributed by atoms with Gasteiger partial charge >= 0.3 is 0 Å². The molecule has 132 valence electrons. The molecule has 0 aromatic heterocycles. The SMILES string of the molecule is Cc1cccc(N=CC=[N+]([O-])C=C(N)C(C=CN)=Nc2ccccc2)c1. The van der Waals surface area contributed by atoms with Gasteiger partial charge in [0.15, 0.2) is 6.21 Å². The van der Waals surface area contributed by atoms with E-state index in [-0.39, 0.29) is 5.70 Å². The maximum Gasteiger partial charge on any atom is 0.205 e. The van der Waals surface area contributed by atoms with Crippen LogP contribution in [0.3, 0.4) is 0 Å². The summed E-state index contributed by atoms with van der Waals surface area (Å²) in [7, 11) is 0.